The van der Waals surface area contributed by atoms with Crippen molar-refractivity contribution in [3.05, 3.63) is 27.7 Å². The molecule has 1 amide bonds. The number of nitrogens with two attached hydrogens (primary N) is 1. The number of halogens is 2. The maximum Gasteiger partial charge on any atom is 0.252 e. The van der Waals surface area contributed by atoms with E-state index in [1.807, 2.05) is 0 Å². The Morgan fingerprint density at radius 2 is 2.00 bits per heavy atom. The molecule has 0 aliphatic rings. The van der Waals surface area contributed by atoms with E-state index in [-0.39, 0.29) is 33.7 Å². The minimum absolute atomic E-state index is 0.0117. The van der Waals surface area contributed by atoms with Gasteiger partial charge >= 0.3 is 0 Å². The van der Waals surface area contributed by atoms with Crippen LogP contribution in [0.3, 0.4) is 0 Å². The van der Waals surface area contributed by atoms with Crippen LogP contribution in [-0.4, -0.2) is 32.4 Å². The van der Waals surface area contributed by atoms with Gasteiger partial charge in [0.25, 0.3) is 5.91 Å². The summed E-state index contributed by atoms with van der Waals surface area (Å²) < 4.78 is 22.5. The van der Waals surface area contributed by atoms with Crippen molar-refractivity contribution in [3.8, 4) is 0 Å². The summed E-state index contributed by atoms with van der Waals surface area (Å²) in [6, 6.07) is 2.82. The number of carbonyl (C=O) groups excluding carboxylic acids is 1. The second-order valence-electron chi connectivity index (χ2n) is 3.86. The van der Waals surface area contributed by atoms with Gasteiger partial charge in [0.15, 0.2) is 9.84 Å². The van der Waals surface area contributed by atoms with Gasteiger partial charge < -0.3 is 11.1 Å². The van der Waals surface area contributed by atoms with Gasteiger partial charge in [0.05, 0.1) is 21.4 Å². The van der Waals surface area contributed by atoms with Crippen LogP contribution in [0.1, 0.15) is 17.3 Å². The number of nitrogen functional groups attached to an aromatic ring is 1. The van der Waals surface area contributed by atoms with Crippen LogP contribution in [0.15, 0.2) is 12.1 Å². The Balaban J connectivity index is 2.75. The zero-order chi connectivity index (χ0) is 14.6. The number of nitrogens with one attached hydrogen (secondary N) is 1. The van der Waals surface area contributed by atoms with Crippen molar-refractivity contribution in [2.24, 2.45) is 0 Å². The predicted molar refractivity (Wildman–Crippen MR) is 77.5 cm³/mol. The van der Waals surface area contributed by atoms with E-state index in [2.05, 4.69) is 5.32 Å². The molecular weight excluding hydrogens is 311 g/mol. The third-order valence-electron chi connectivity index (χ3n) is 2.43. The van der Waals surface area contributed by atoms with E-state index >= 15 is 0 Å². The lowest BCUT2D eigenvalue weighted by Gasteiger charge is -2.08. The molecule has 0 bridgehead atoms. The van der Waals surface area contributed by atoms with Gasteiger partial charge in [-0.2, -0.15) is 0 Å². The summed E-state index contributed by atoms with van der Waals surface area (Å²) in [4.78, 5) is 11.8. The minimum Gasteiger partial charge on any atom is -0.399 e. The first-order chi connectivity index (χ1) is 8.76. The van der Waals surface area contributed by atoms with E-state index in [0.717, 1.165) is 0 Å². The summed E-state index contributed by atoms with van der Waals surface area (Å²) in [5.74, 6) is -0.595. The lowest BCUT2D eigenvalue weighted by molar-refractivity contribution is 0.0956. The number of benzene rings is 1. The second-order valence-corrected chi connectivity index (χ2v) is 7.11. The van der Waals surface area contributed by atoms with E-state index in [9.17, 15) is 13.2 Å². The topological polar surface area (TPSA) is 89.3 Å². The molecule has 0 saturated carbocycles. The molecular formula is C11H14Cl2N2O3S. The number of anilines is 1. The second kappa shape index (κ2) is 6.45. The summed E-state index contributed by atoms with van der Waals surface area (Å²) >= 11 is 11.7. The predicted octanol–water partition coefficient (Wildman–Crippen LogP) is 1.74. The Hall–Kier alpha value is -0.980. The van der Waals surface area contributed by atoms with Crippen molar-refractivity contribution in [2.75, 3.05) is 23.8 Å². The Labute approximate surface area is 122 Å². The molecule has 0 heterocycles. The van der Waals surface area contributed by atoms with Gasteiger partial charge in [0, 0.05) is 18.0 Å². The molecule has 0 atom stereocenters. The van der Waals surface area contributed by atoms with Gasteiger partial charge in [-0.3, -0.25) is 4.79 Å². The highest BCUT2D eigenvalue weighted by Crippen LogP contribution is 2.28. The zero-order valence-corrected chi connectivity index (χ0v) is 12.6. The number of carbonyl (C=O) groups is 1. The van der Waals surface area contributed by atoms with Crippen LogP contribution in [0, 0.1) is 0 Å². The van der Waals surface area contributed by atoms with E-state index in [0.29, 0.717) is 5.69 Å². The fraction of sp³-hybridized carbons (Fsp3) is 0.364. The summed E-state index contributed by atoms with van der Waals surface area (Å²) in [6.07, 6.45) is 0. The van der Waals surface area contributed by atoms with Crippen molar-refractivity contribution in [2.45, 2.75) is 6.92 Å². The number of amides is 1. The first-order valence-corrected chi connectivity index (χ1v) is 8.07. The van der Waals surface area contributed by atoms with Crippen molar-refractivity contribution >= 4 is 44.6 Å². The molecule has 19 heavy (non-hydrogen) atoms. The molecule has 0 spiro atoms. The molecule has 0 aromatic heterocycles. The van der Waals surface area contributed by atoms with Gasteiger partial charge in [-0.15, -0.1) is 0 Å². The summed E-state index contributed by atoms with van der Waals surface area (Å²) in [5, 5.41) is 2.73. The Morgan fingerprint density at radius 1 is 1.37 bits per heavy atom. The van der Waals surface area contributed by atoms with Gasteiger partial charge in [0.1, 0.15) is 0 Å². The molecule has 0 aliphatic carbocycles. The molecule has 0 aliphatic heterocycles. The Morgan fingerprint density at radius 3 is 2.58 bits per heavy atom. The molecule has 3 N–H and O–H groups in total. The lowest BCUT2D eigenvalue weighted by Crippen LogP contribution is -2.29. The molecule has 0 fully saturated rings. The van der Waals surface area contributed by atoms with Crippen molar-refractivity contribution < 1.29 is 13.2 Å². The van der Waals surface area contributed by atoms with Crippen LogP contribution >= 0.6 is 23.2 Å². The van der Waals surface area contributed by atoms with Gasteiger partial charge in [-0.1, -0.05) is 30.1 Å². The SMILES string of the molecule is CCS(=O)(=O)CCNC(=O)c1cc(N)cc(Cl)c1Cl. The minimum atomic E-state index is -3.12. The summed E-state index contributed by atoms with van der Waals surface area (Å²) in [6.45, 7) is 1.56. The summed E-state index contributed by atoms with van der Waals surface area (Å²) in [7, 11) is -3.12. The largest absolute Gasteiger partial charge is 0.399 e. The van der Waals surface area contributed by atoms with Crippen molar-refractivity contribution in [3.63, 3.8) is 0 Å². The van der Waals surface area contributed by atoms with Gasteiger partial charge in [-0.25, -0.2) is 8.42 Å². The first-order valence-electron chi connectivity index (χ1n) is 5.50. The zero-order valence-electron chi connectivity index (χ0n) is 10.2. The van der Waals surface area contributed by atoms with Crippen LogP contribution in [0.25, 0.3) is 0 Å². The number of sulfone groups is 1. The average molecular weight is 325 g/mol. The standard InChI is InChI=1S/C11H14Cl2N2O3S/c1-2-19(17,18)4-3-15-11(16)8-5-7(14)6-9(12)10(8)13/h5-6H,2-4,14H2,1H3,(H,15,16). The fourth-order valence-electron chi connectivity index (χ4n) is 1.33. The third kappa shape index (κ3) is 4.56. The third-order valence-corrected chi connectivity index (χ3v) is 4.94. The molecule has 5 nitrogen and oxygen atoms in total. The highest BCUT2D eigenvalue weighted by molar-refractivity contribution is 7.91. The lowest BCUT2D eigenvalue weighted by atomic mass is 10.2. The normalized spacial score (nSPS) is 11.3. The molecule has 0 saturated heterocycles. The maximum absolute atomic E-state index is 11.8. The quantitative estimate of drug-likeness (QED) is 0.807. The molecule has 8 heteroatoms. The van der Waals surface area contributed by atoms with Crippen LogP contribution < -0.4 is 11.1 Å². The number of rotatable bonds is 5. The number of hydrogen-bond donors (Lipinski definition) is 2. The van der Waals surface area contributed by atoms with Crippen molar-refractivity contribution in [1.82, 2.24) is 5.32 Å². The van der Waals surface area contributed by atoms with Crippen molar-refractivity contribution in [1.29, 1.82) is 0 Å². The van der Waals surface area contributed by atoms with Gasteiger partial charge in [-0.05, 0) is 12.1 Å². The van der Waals surface area contributed by atoms with Gasteiger partial charge in [0.2, 0.25) is 0 Å². The molecule has 0 unspecified atom stereocenters. The van der Waals surface area contributed by atoms with Crippen LogP contribution in [0.2, 0.25) is 10.0 Å². The van der Waals surface area contributed by atoms with E-state index in [1.165, 1.54) is 12.1 Å². The monoisotopic (exact) mass is 324 g/mol. The average Bonchev–Trinajstić information content (AvgIpc) is 2.33. The van der Waals surface area contributed by atoms with E-state index in [4.69, 9.17) is 28.9 Å². The highest BCUT2D eigenvalue weighted by Gasteiger charge is 2.15. The van der Waals surface area contributed by atoms with Crippen LogP contribution in [0.4, 0.5) is 5.69 Å². The van der Waals surface area contributed by atoms with E-state index < -0.39 is 15.7 Å². The first kappa shape index (κ1) is 16.1. The number of hydrogen-bond acceptors (Lipinski definition) is 4. The molecule has 1 rings (SSSR count). The highest BCUT2D eigenvalue weighted by atomic mass is 35.5. The van der Waals surface area contributed by atoms with Crippen LogP contribution in [0.5, 0.6) is 0 Å². The Kier molecular flexibility index (Phi) is 5.46. The molecule has 1 aromatic carbocycles. The van der Waals surface area contributed by atoms with E-state index in [1.54, 1.807) is 6.92 Å². The molecule has 106 valence electrons. The molecule has 0 radical (unpaired) electrons. The maximum atomic E-state index is 11.8. The van der Waals surface area contributed by atoms with Crippen LogP contribution in [-0.2, 0) is 9.84 Å². The summed E-state index contributed by atoms with van der Waals surface area (Å²) in [5.41, 5.74) is 6.00. The molecule has 1 aromatic rings. The smallest absolute Gasteiger partial charge is 0.252 e. The fourth-order valence-corrected chi connectivity index (χ4v) is 2.46. The Bertz CT molecular complexity index is 588.